The third-order valence-electron chi connectivity index (χ3n) is 11.0. The molecule has 7 rings (SSSR count). The molecule has 0 amide bonds. The number of fused-ring (bicyclic) bond motifs is 1. The summed E-state index contributed by atoms with van der Waals surface area (Å²) >= 11 is 0. The number of halogens is 3. The maximum absolute atomic E-state index is 14.1. The monoisotopic (exact) mass is 758 g/mol. The molecule has 0 radical (unpaired) electrons. The Kier molecular flexibility index (Phi) is 11.9. The van der Waals surface area contributed by atoms with Gasteiger partial charge in [-0.25, -0.2) is 24.9 Å². The predicted octanol–water partition coefficient (Wildman–Crippen LogP) is 2.78. The standard InChI is InChI=1S/C38H47F3N8O4.Na/c1-36(2)20-49(13-10-30(36)53-19-32(50)51)31-18-42-27(17-43-31)34-46-33-28(48(3)21-37(22-52-4)11-6-5-7-12-37)16-26(45-35(33)47-34)24-14-25(23-8-9-23)44-29(15-24)38(39,40)41;/h14-18,23,30H,5-13,19-22H2,1-4H3,(H,50,51)(H,45,46,47);/q;+1/p-1. The summed E-state index contributed by atoms with van der Waals surface area (Å²) in [6.07, 6.45) is 6.19. The molecule has 5 heterocycles. The van der Waals surface area contributed by atoms with Gasteiger partial charge in [-0.1, -0.05) is 33.1 Å². The largest absolute Gasteiger partial charge is 1.00 e. The van der Waals surface area contributed by atoms with Crippen molar-refractivity contribution in [2.45, 2.75) is 83.4 Å². The number of methoxy groups -OCH3 is 1. The number of pyridine rings is 2. The Bertz CT molecular complexity index is 1940. The zero-order valence-electron chi connectivity index (χ0n) is 31.6. The summed E-state index contributed by atoms with van der Waals surface area (Å²) in [6.45, 7) is 6.11. The molecule has 1 aliphatic heterocycles. The quantitative estimate of drug-likeness (QED) is 0.213. The van der Waals surface area contributed by atoms with E-state index in [0.717, 1.165) is 50.3 Å². The van der Waals surface area contributed by atoms with Crippen LogP contribution in [0.2, 0.25) is 0 Å². The second kappa shape index (κ2) is 16.0. The molecule has 1 atom stereocenters. The number of anilines is 2. The molecular formula is C38H46F3N8NaO4. The van der Waals surface area contributed by atoms with Crippen molar-refractivity contribution < 1.29 is 62.1 Å². The molecule has 0 spiro atoms. The van der Waals surface area contributed by atoms with E-state index in [1.165, 1.54) is 6.42 Å². The number of carbonyl (C=O) groups is 1. The van der Waals surface area contributed by atoms with Crippen molar-refractivity contribution >= 4 is 28.6 Å². The van der Waals surface area contributed by atoms with Crippen molar-refractivity contribution in [1.82, 2.24) is 29.9 Å². The first-order valence-electron chi connectivity index (χ1n) is 18.3. The molecular weight excluding hydrogens is 712 g/mol. The van der Waals surface area contributed by atoms with Gasteiger partial charge < -0.3 is 34.2 Å². The number of aromatic nitrogens is 6. The van der Waals surface area contributed by atoms with Gasteiger partial charge in [-0.05, 0) is 50.3 Å². The fraction of sp³-hybridized carbons (Fsp3) is 0.579. The number of H-pyrrole nitrogens is 1. The van der Waals surface area contributed by atoms with Gasteiger partial charge in [-0.2, -0.15) is 13.2 Å². The molecule has 16 heteroatoms. The summed E-state index contributed by atoms with van der Waals surface area (Å²) < 4.78 is 53.5. The van der Waals surface area contributed by atoms with Gasteiger partial charge in [-0.15, -0.1) is 0 Å². The van der Waals surface area contributed by atoms with Gasteiger partial charge in [-0.3, -0.25) is 0 Å². The number of carboxylic acids is 1. The van der Waals surface area contributed by atoms with Crippen molar-refractivity contribution in [3.63, 3.8) is 0 Å². The van der Waals surface area contributed by atoms with E-state index in [1.807, 2.05) is 27.0 Å². The number of nitrogens with one attached hydrogen (secondary N) is 1. The summed E-state index contributed by atoms with van der Waals surface area (Å²) in [6, 6.07) is 4.65. The molecule has 1 N–H and O–H groups in total. The number of hydrogen-bond acceptors (Lipinski definition) is 11. The third kappa shape index (κ3) is 8.85. The van der Waals surface area contributed by atoms with Gasteiger partial charge in [0.2, 0.25) is 0 Å². The first-order chi connectivity index (χ1) is 25.2. The van der Waals surface area contributed by atoms with Crippen LogP contribution in [-0.2, 0) is 20.4 Å². The average molecular weight is 759 g/mol. The summed E-state index contributed by atoms with van der Waals surface area (Å²) in [5, 5.41) is 11.0. The van der Waals surface area contributed by atoms with Gasteiger partial charge >= 0.3 is 35.7 Å². The number of hydrogen-bond donors (Lipinski definition) is 1. The maximum Gasteiger partial charge on any atom is 1.00 e. The number of carboxylic acid groups (broad SMARTS) is 1. The molecule has 54 heavy (non-hydrogen) atoms. The molecule has 4 aromatic heterocycles. The number of carbonyl (C=O) groups excluding carboxylic acids is 1. The number of piperidine rings is 1. The Balaban J connectivity index is 0.00000497. The van der Waals surface area contributed by atoms with Gasteiger partial charge in [0.1, 0.15) is 22.7 Å². The van der Waals surface area contributed by atoms with E-state index < -0.39 is 24.4 Å². The smallest absolute Gasteiger partial charge is 0.548 e. The second-order valence-corrected chi connectivity index (χ2v) is 15.7. The molecule has 4 aromatic rings. The molecule has 12 nitrogen and oxygen atoms in total. The van der Waals surface area contributed by atoms with E-state index in [0.29, 0.717) is 78.1 Å². The van der Waals surface area contributed by atoms with E-state index in [-0.39, 0.29) is 52.4 Å². The van der Waals surface area contributed by atoms with E-state index in [9.17, 15) is 23.1 Å². The molecule has 0 bridgehead atoms. The minimum atomic E-state index is -4.60. The van der Waals surface area contributed by atoms with Crippen LogP contribution in [0.5, 0.6) is 0 Å². The summed E-state index contributed by atoms with van der Waals surface area (Å²) in [5.41, 5.74) is 2.08. The topological polar surface area (TPSA) is 145 Å². The number of imidazole rings is 1. The van der Waals surface area contributed by atoms with Crippen LogP contribution in [-0.4, -0.2) is 89.0 Å². The second-order valence-electron chi connectivity index (χ2n) is 15.7. The maximum atomic E-state index is 14.1. The molecule has 3 fully saturated rings. The first kappa shape index (κ1) is 40.3. The minimum absolute atomic E-state index is 0. The van der Waals surface area contributed by atoms with Gasteiger partial charge in [0.15, 0.2) is 11.5 Å². The Labute approximate surface area is 335 Å². The van der Waals surface area contributed by atoms with Crippen LogP contribution in [0.3, 0.4) is 0 Å². The fourth-order valence-corrected chi connectivity index (χ4v) is 8.14. The van der Waals surface area contributed by atoms with E-state index in [4.69, 9.17) is 29.4 Å². The number of aromatic amines is 1. The molecule has 1 saturated heterocycles. The molecule has 2 saturated carbocycles. The van der Waals surface area contributed by atoms with Crippen LogP contribution in [0, 0.1) is 10.8 Å². The number of alkyl halides is 3. The fourth-order valence-electron chi connectivity index (χ4n) is 8.14. The number of ether oxygens (including phenoxy) is 2. The third-order valence-corrected chi connectivity index (χ3v) is 11.0. The van der Waals surface area contributed by atoms with Crippen molar-refractivity contribution in [3.8, 4) is 22.8 Å². The van der Waals surface area contributed by atoms with Crippen LogP contribution >= 0.6 is 0 Å². The van der Waals surface area contributed by atoms with Gasteiger partial charge in [0.05, 0.1) is 49.1 Å². The Morgan fingerprint density at radius 2 is 1.80 bits per heavy atom. The number of aliphatic carboxylic acids is 1. The summed E-state index contributed by atoms with van der Waals surface area (Å²) in [7, 11) is 3.72. The SMILES string of the molecule is COCC1(CN(C)c2cc(-c3cc(C4CC4)nc(C(F)(F)F)c3)nc3nc(-c4cnc(N5CCC(OCC(=O)[O-])C(C)(C)C5)cn4)[nH]c23)CCCCC1.[Na+]. The van der Waals surface area contributed by atoms with Gasteiger partial charge in [0, 0.05) is 61.8 Å². The Morgan fingerprint density at radius 1 is 1.04 bits per heavy atom. The van der Waals surface area contributed by atoms with Crippen LogP contribution < -0.4 is 44.5 Å². The number of nitrogens with zero attached hydrogens (tertiary/aromatic N) is 7. The van der Waals surface area contributed by atoms with Crippen molar-refractivity contribution in [1.29, 1.82) is 0 Å². The van der Waals surface area contributed by atoms with E-state index in [2.05, 4.69) is 19.8 Å². The van der Waals surface area contributed by atoms with Crippen LogP contribution in [0.1, 0.15) is 82.5 Å². The zero-order chi connectivity index (χ0) is 37.5. The zero-order valence-corrected chi connectivity index (χ0v) is 33.6. The van der Waals surface area contributed by atoms with Crippen molar-refractivity contribution in [3.05, 3.63) is 42.0 Å². The molecule has 2 aliphatic carbocycles. The van der Waals surface area contributed by atoms with Crippen LogP contribution in [0.25, 0.3) is 33.9 Å². The number of rotatable bonds is 12. The van der Waals surface area contributed by atoms with Crippen molar-refractivity contribution in [2.75, 3.05) is 56.8 Å². The minimum Gasteiger partial charge on any atom is -0.548 e. The predicted molar refractivity (Wildman–Crippen MR) is 191 cm³/mol. The summed E-state index contributed by atoms with van der Waals surface area (Å²) in [4.78, 5) is 41.6. The van der Waals surface area contributed by atoms with E-state index in [1.54, 1.807) is 25.6 Å². The van der Waals surface area contributed by atoms with E-state index >= 15 is 0 Å². The summed E-state index contributed by atoms with van der Waals surface area (Å²) in [5.74, 6) is -0.129. The Hall–Kier alpha value is -3.37. The Morgan fingerprint density at radius 3 is 2.43 bits per heavy atom. The van der Waals surface area contributed by atoms with Crippen LogP contribution in [0.15, 0.2) is 30.6 Å². The molecule has 3 aliphatic rings. The molecule has 1 unspecified atom stereocenters. The average Bonchev–Trinajstić information content (AvgIpc) is 3.88. The molecule has 284 valence electrons. The first-order valence-corrected chi connectivity index (χ1v) is 18.3. The molecule has 0 aromatic carbocycles. The normalized spacial score (nSPS) is 19.8. The van der Waals surface area contributed by atoms with Crippen molar-refractivity contribution in [2.24, 2.45) is 10.8 Å². The van der Waals surface area contributed by atoms with Gasteiger partial charge in [0.25, 0.3) is 0 Å². The van der Waals surface area contributed by atoms with Crippen LogP contribution in [0.4, 0.5) is 24.7 Å².